The molecule has 0 atom stereocenters. The third kappa shape index (κ3) is 3.42. The lowest BCUT2D eigenvalue weighted by Crippen LogP contribution is -2.52. The average molecular weight is 416 g/mol. The maximum Gasteiger partial charge on any atom is 0.253 e. The van der Waals surface area contributed by atoms with E-state index in [1.165, 1.54) is 6.07 Å². The molecule has 0 radical (unpaired) electrons. The number of piperidine rings is 1. The Morgan fingerprint density at radius 2 is 1.81 bits per heavy atom. The van der Waals surface area contributed by atoms with Gasteiger partial charge in [-0.15, -0.1) is 0 Å². The van der Waals surface area contributed by atoms with Crippen LogP contribution in [0.1, 0.15) is 51.2 Å². The molecular weight excluding hydrogens is 392 g/mol. The van der Waals surface area contributed by atoms with Gasteiger partial charge in [0.2, 0.25) is 0 Å². The van der Waals surface area contributed by atoms with Gasteiger partial charge in [-0.2, -0.15) is 0 Å². The second kappa shape index (κ2) is 7.08. The maximum atomic E-state index is 13.1. The second-order valence-electron chi connectivity index (χ2n) is 8.75. The van der Waals surface area contributed by atoms with E-state index < -0.39 is 5.60 Å². The van der Waals surface area contributed by atoms with Crippen molar-refractivity contribution in [3.63, 3.8) is 0 Å². The summed E-state index contributed by atoms with van der Waals surface area (Å²) in [5.74, 6) is 0.648. The largest absolute Gasteiger partial charge is 0.486 e. The first-order valence-electron chi connectivity index (χ1n) is 10.6. The number of ketones is 1. The van der Waals surface area contributed by atoms with Crippen LogP contribution in [-0.2, 0) is 0 Å². The highest BCUT2D eigenvalue weighted by Gasteiger charge is 2.43. The van der Waals surface area contributed by atoms with Gasteiger partial charge in [-0.25, -0.2) is 0 Å². The van der Waals surface area contributed by atoms with Gasteiger partial charge in [-0.05, 0) is 44.2 Å². The van der Waals surface area contributed by atoms with Crippen LogP contribution in [0.3, 0.4) is 0 Å². The molecule has 2 aromatic carbocycles. The Bertz CT molecular complexity index is 1280. The SMILES string of the molecule is Cc1ccc2c(c1)C(=O)CC1(CCN(C(=O)c3ccc4[nH]c(C)cc(=O)c4c3)CC1)O2. The fourth-order valence-corrected chi connectivity index (χ4v) is 4.70. The molecule has 1 N–H and O–H groups in total. The number of nitrogens with zero attached hydrogens (tertiary/aromatic N) is 1. The molecule has 3 heterocycles. The van der Waals surface area contributed by atoms with Crippen LogP contribution < -0.4 is 10.2 Å². The number of amides is 1. The van der Waals surface area contributed by atoms with Crippen molar-refractivity contribution in [1.29, 1.82) is 0 Å². The predicted octanol–water partition coefficient (Wildman–Crippen LogP) is 3.79. The van der Waals surface area contributed by atoms with Crippen molar-refractivity contribution in [3.8, 4) is 5.75 Å². The summed E-state index contributed by atoms with van der Waals surface area (Å²) in [6.45, 7) is 4.82. The molecule has 0 aliphatic carbocycles. The second-order valence-corrected chi connectivity index (χ2v) is 8.75. The Morgan fingerprint density at radius 1 is 1.03 bits per heavy atom. The molecule has 0 unspecified atom stereocenters. The monoisotopic (exact) mass is 416 g/mol. The van der Waals surface area contributed by atoms with Crippen LogP contribution >= 0.6 is 0 Å². The quantitative estimate of drug-likeness (QED) is 0.655. The summed E-state index contributed by atoms with van der Waals surface area (Å²) in [7, 11) is 0. The van der Waals surface area contributed by atoms with Gasteiger partial charge in [0.15, 0.2) is 11.2 Å². The number of H-pyrrole nitrogens is 1. The summed E-state index contributed by atoms with van der Waals surface area (Å²) in [6.07, 6.45) is 1.55. The minimum Gasteiger partial charge on any atom is -0.486 e. The number of carbonyl (C=O) groups is 2. The van der Waals surface area contributed by atoms with Crippen LogP contribution in [0.4, 0.5) is 0 Å². The molecule has 0 bridgehead atoms. The number of carbonyl (C=O) groups excluding carboxylic acids is 2. The highest BCUT2D eigenvalue weighted by molar-refractivity contribution is 6.01. The molecule has 5 rings (SSSR count). The van der Waals surface area contributed by atoms with Crippen LogP contribution in [0.5, 0.6) is 5.75 Å². The first-order chi connectivity index (χ1) is 14.8. The van der Waals surface area contributed by atoms with Gasteiger partial charge in [0.25, 0.3) is 5.91 Å². The molecule has 31 heavy (non-hydrogen) atoms. The molecule has 1 aromatic heterocycles. The van der Waals surface area contributed by atoms with Crippen molar-refractivity contribution in [2.75, 3.05) is 13.1 Å². The van der Waals surface area contributed by atoms with Crippen molar-refractivity contribution >= 4 is 22.6 Å². The fourth-order valence-electron chi connectivity index (χ4n) is 4.70. The molecule has 2 aliphatic heterocycles. The smallest absolute Gasteiger partial charge is 0.253 e. The minimum atomic E-state index is -0.547. The Hall–Kier alpha value is -3.41. The number of hydrogen-bond acceptors (Lipinski definition) is 4. The summed E-state index contributed by atoms with van der Waals surface area (Å²) < 4.78 is 6.30. The van der Waals surface area contributed by atoms with Crippen molar-refractivity contribution in [1.82, 2.24) is 9.88 Å². The zero-order valence-electron chi connectivity index (χ0n) is 17.7. The fraction of sp³-hybridized carbons (Fsp3) is 0.320. The number of hydrogen-bond donors (Lipinski definition) is 1. The van der Waals surface area contributed by atoms with Crippen LogP contribution in [0.25, 0.3) is 10.9 Å². The van der Waals surface area contributed by atoms with Crippen LogP contribution in [0.2, 0.25) is 0 Å². The number of aromatic nitrogens is 1. The number of likely N-dealkylation sites (tertiary alicyclic amines) is 1. The lowest BCUT2D eigenvalue weighted by atomic mass is 9.82. The van der Waals surface area contributed by atoms with Gasteiger partial charge >= 0.3 is 0 Å². The number of pyridine rings is 1. The molecule has 1 saturated heterocycles. The van der Waals surface area contributed by atoms with E-state index in [-0.39, 0.29) is 17.1 Å². The standard InChI is InChI=1S/C25H24N2O4/c1-15-3-6-23-19(11-15)22(29)14-25(31-23)7-9-27(10-8-25)24(30)17-4-5-20-18(13-17)21(28)12-16(2)26-20/h3-6,11-13H,7-10,14H2,1-2H3,(H,26,28). The van der Waals surface area contributed by atoms with Gasteiger partial charge in [-0.1, -0.05) is 11.6 Å². The van der Waals surface area contributed by atoms with Crippen molar-refractivity contribution in [3.05, 3.63) is 75.1 Å². The number of aromatic amines is 1. The van der Waals surface area contributed by atoms with E-state index in [4.69, 9.17) is 4.74 Å². The van der Waals surface area contributed by atoms with Gasteiger partial charge in [0.1, 0.15) is 11.4 Å². The zero-order valence-corrected chi connectivity index (χ0v) is 17.7. The number of ether oxygens (including phenoxy) is 1. The molecule has 2 aliphatic rings. The van der Waals surface area contributed by atoms with Gasteiger partial charge in [0.05, 0.1) is 12.0 Å². The van der Waals surface area contributed by atoms with E-state index in [1.54, 1.807) is 23.1 Å². The number of Topliss-reactive ketones (excluding diaryl/α,β-unsaturated/α-hetero) is 1. The molecular formula is C25H24N2O4. The molecule has 1 amide bonds. The summed E-state index contributed by atoms with van der Waals surface area (Å²) in [5, 5.41) is 0.512. The highest BCUT2D eigenvalue weighted by atomic mass is 16.5. The molecule has 6 heteroatoms. The third-order valence-corrected chi connectivity index (χ3v) is 6.42. The minimum absolute atomic E-state index is 0.0958. The molecule has 3 aromatic rings. The van der Waals surface area contributed by atoms with E-state index in [2.05, 4.69) is 4.98 Å². The lowest BCUT2D eigenvalue weighted by Gasteiger charge is -2.44. The van der Waals surface area contributed by atoms with E-state index >= 15 is 0 Å². The van der Waals surface area contributed by atoms with E-state index in [0.717, 1.165) is 16.8 Å². The molecule has 1 fully saturated rings. The number of fused-ring (bicyclic) bond motifs is 2. The Morgan fingerprint density at radius 3 is 2.58 bits per heavy atom. The van der Waals surface area contributed by atoms with E-state index in [0.29, 0.717) is 54.6 Å². The number of rotatable bonds is 1. The first kappa shape index (κ1) is 19.5. The van der Waals surface area contributed by atoms with Gasteiger partial charge in [-0.3, -0.25) is 14.4 Å². The van der Waals surface area contributed by atoms with Crippen molar-refractivity contribution in [2.24, 2.45) is 0 Å². The summed E-state index contributed by atoms with van der Waals surface area (Å²) >= 11 is 0. The predicted molar refractivity (Wildman–Crippen MR) is 118 cm³/mol. The Kier molecular flexibility index (Phi) is 4.46. The summed E-state index contributed by atoms with van der Waals surface area (Å²) in [5.41, 5.74) is 3.06. The Labute approximate surface area is 179 Å². The molecule has 6 nitrogen and oxygen atoms in total. The molecule has 0 saturated carbocycles. The lowest BCUT2D eigenvalue weighted by molar-refractivity contribution is -0.00572. The number of nitrogens with one attached hydrogen (secondary N) is 1. The van der Waals surface area contributed by atoms with Crippen LogP contribution in [0.15, 0.2) is 47.3 Å². The third-order valence-electron chi connectivity index (χ3n) is 6.42. The zero-order chi connectivity index (χ0) is 21.8. The van der Waals surface area contributed by atoms with Gasteiger partial charge in [0, 0.05) is 54.2 Å². The molecule has 158 valence electrons. The van der Waals surface area contributed by atoms with E-state index in [1.807, 2.05) is 32.0 Å². The van der Waals surface area contributed by atoms with Crippen molar-refractivity contribution < 1.29 is 14.3 Å². The van der Waals surface area contributed by atoms with Crippen LogP contribution in [-0.4, -0.2) is 40.3 Å². The van der Waals surface area contributed by atoms with Crippen molar-refractivity contribution in [2.45, 2.75) is 38.7 Å². The summed E-state index contributed by atoms with van der Waals surface area (Å²) in [4.78, 5) is 43.1. The summed E-state index contributed by atoms with van der Waals surface area (Å²) in [6, 6.07) is 12.4. The topological polar surface area (TPSA) is 79.5 Å². The molecule has 1 spiro atoms. The van der Waals surface area contributed by atoms with Crippen LogP contribution in [0, 0.1) is 13.8 Å². The number of aryl methyl sites for hydroxylation is 2. The normalized spacial score (nSPS) is 17.5. The maximum absolute atomic E-state index is 13.1. The van der Waals surface area contributed by atoms with Gasteiger partial charge < -0.3 is 14.6 Å². The van der Waals surface area contributed by atoms with E-state index in [9.17, 15) is 14.4 Å². The Balaban J connectivity index is 1.34. The number of benzene rings is 2. The average Bonchev–Trinajstić information content (AvgIpc) is 2.74. The highest BCUT2D eigenvalue weighted by Crippen LogP contribution is 2.39. The first-order valence-corrected chi connectivity index (χ1v) is 10.6.